The van der Waals surface area contributed by atoms with Crippen LogP contribution < -0.4 is 20.5 Å². The van der Waals surface area contributed by atoms with Gasteiger partial charge in [0, 0.05) is 29.7 Å². The Morgan fingerprint density at radius 1 is 1.14 bits per heavy atom. The van der Waals surface area contributed by atoms with Gasteiger partial charge in [0.1, 0.15) is 17.5 Å². The summed E-state index contributed by atoms with van der Waals surface area (Å²) in [7, 11) is 1.58. The number of carbonyl (C=O) groups excluding carboxylic acids is 2. The molecule has 1 aliphatic rings. The molecule has 1 aliphatic heterocycles. The molecular weight excluding hydrogens is 540 g/mol. The zero-order valence-corrected chi connectivity index (χ0v) is 21.7. The largest absolute Gasteiger partial charge is 0.497 e. The van der Waals surface area contributed by atoms with Crippen molar-refractivity contribution in [2.75, 3.05) is 25.1 Å². The Kier molecular flexibility index (Phi) is 7.04. The van der Waals surface area contributed by atoms with E-state index in [0.717, 1.165) is 15.7 Å². The summed E-state index contributed by atoms with van der Waals surface area (Å²) in [6, 6.07) is 14.9. The second-order valence-corrected chi connectivity index (χ2v) is 9.72. The number of hydrogen-bond donors (Lipinski definition) is 1. The number of hydrogen-bond acceptors (Lipinski definition) is 6. The van der Waals surface area contributed by atoms with Crippen molar-refractivity contribution in [2.24, 2.45) is 5.92 Å². The number of aromatic nitrogens is 4. The van der Waals surface area contributed by atoms with Gasteiger partial charge < -0.3 is 15.0 Å². The molecule has 3 heterocycles. The molecule has 11 heteroatoms. The molecule has 37 heavy (non-hydrogen) atoms. The summed E-state index contributed by atoms with van der Waals surface area (Å²) in [5.74, 6) is -0.0145. The maximum atomic E-state index is 12.9. The molecule has 1 N–H and O–H groups in total. The normalized spacial score (nSPS) is 15.4. The monoisotopic (exact) mass is 564 g/mol. The fourth-order valence-corrected chi connectivity index (χ4v) is 4.65. The van der Waals surface area contributed by atoms with Gasteiger partial charge in [-0.25, -0.2) is 9.67 Å². The lowest BCUT2D eigenvalue weighted by molar-refractivity contribution is -0.126. The smallest absolute Gasteiger partial charge is 0.264 e. The number of amides is 2. The summed E-state index contributed by atoms with van der Waals surface area (Å²) in [4.78, 5) is 44.2. The van der Waals surface area contributed by atoms with Crippen LogP contribution in [0.3, 0.4) is 0 Å². The van der Waals surface area contributed by atoms with Crippen LogP contribution in [0.2, 0.25) is 0 Å². The number of anilines is 1. The maximum absolute atomic E-state index is 12.9. The van der Waals surface area contributed by atoms with Gasteiger partial charge in [-0.3, -0.25) is 19.0 Å². The number of halogens is 1. The standard InChI is InChI=1S/C26H25BrN6O4/c1-37-21-8-6-20(7-9-21)32-15-18(12-23(32)34)25(35)28-10-11-33-24-22(13-30-33)26(36)31(16-29-24)14-17-2-4-19(27)5-3-17/h2-9,13,16,18H,10-12,14-15H2,1H3,(H,28,35). The summed E-state index contributed by atoms with van der Waals surface area (Å²) in [5.41, 5.74) is 2.01. The average molecular weight is 565 g/mol. The first-order valence-electron chi connectivity index (χ1n) is 11.8. The van der Waals surface area contributed by atoms with Crippen LogP contribution >= 0.6 is 15.9 Å². The zero-order chi connectivity index (χ0) is 25.9. The fraction of sp³-hybridized carbons (Fsp3) is 0.269. The van der Waals surface area contributed by atoms with Gasteiger partial charge in [0.2, 0.25) is 11.8 Å². The van der Waals surface area contributed by atoms with E-state index in [9.17, 15) is 14.4 Å². The van der Waals surface area contributed by atoms with E-state index < -0.39 is 5.92 Å². The van der Waals surface area contributed by atoms with Gasteiger partial charge in [-0.05, 0) is 42.0 Å². The molecule has 190 valence electrons. The molecule has 1 unspecified atom stereocenters. The molecule has 0 aliphatic carbocycles. The van der Waals surface area contributed by atoms with Crippen molar-refractivity contribution in [1.29, 1.82) is 0 Å². The van der Waals surface area contributed by atoms with Crippen molar-refractivity contribution < 1.29 is 14.3 Å². The third-order valence-corrected chi connectivity index (χ3v) is 6.92. The van der Waals surface area contributed by atoms with Crippen molar-refractivity contribution in [1.82, 2.24) is 24.6 Å². The number of methoxy groups -OCH3 is 1. The van der Waals surface area contributed by atoms with Gasteiger partial charge in [-0.15, -0.1) is 0 Å². The third-order valence-electron chi connectivity index (χ3n) is 6.39. The molecule has 1 atom stereocenters. The second kappa shape index (κ2) is 10.6. The highest BCUT2D eigenvalue weighted by Gasteiger charge is 2.35. The van der Waals surface area contributed by atoms with Crippen LogP contribution in [-0.4, -0.2) is 51.3 Å². The second-order valence-electron chi connectivity index (χ2n) is 8.80. The predicted octanol–water partition coefficient (Wildman–Crippen LogP) is 2.58. The predicted molar refractivity (Wildman–Crippen MR) is 141 cm³/mol. The highest BCUT2D eigenvalue weighted by atomic mass is 79.9. The van der Waals surface area contributed by atoms with E-state index >= 15 is 0 Å². The van der Waals surface area contributed by atoms with Gasteiger partial charge in [0.15, 0.2) is 5.65 Å². The van der Waals surface area contributed by atoms with Gasteiger partial charge >= 0.3 is 0 Å². The van der Waals surface area contributed by atoms with E-state index in [1.54, 1.807) is 45.5 Å². The van der Waals surface area contributed by atoms with Crippen LogP contribution in [0.25, 0.3) is 11.0 Å². The molecule has 2 aromatic carbocycles. The summed E-state index contributed by atoms with van der Waals surface area (Å²) < 4.78 is 9.28. The number of rotatable bonds is 8. The number of nitrogens with zero attached hydrogens (tertiary/aromatic N) is 5. The van der Waals surface area contributed by atoms with Crippen molar-refractivity contribution in [3.63, 3.8) is 0 Å². The van der Waals surface area contributed by atoms with Crippen LogP contribution in [0, 0.1) is 5.92 Å². The molecule has 4 aromatic rings. The molecule has 1 fully saturated rings. The van der Waals surface area contributed by atoms with Crippen LogP contribution in [0.15, 0.2) is 70.3 Å². The molecule has 0 saturated carbocycles. The van der Waals surface area contributed by atoms with Gasteiger partial charge in [-0.1, -0.05) is 28.1 Å². The zero-order valence-electron chi connectivity index (χ0n) is 20.1. The summed E-state index contributed by atoms with van der Waals surface area (Å²) >= 11 is 3.41. The van der Waals surface area contributed by atoms with Crippen molar-refractivity contribution in [3.05, 3.63) is 81.4 Å². The summed E-state index contributed by atoms with van der Waals surface area (Å²) in [5, 5.41) is 7.61. The maximum Gasteiger partial charge on any atom is 0.264 e. The number of fused-ring (bicyclic) bond motifs is 1. The third kappa shape index (κ3) is 5.26. The Morgan fingerprint density at radius 2 is 1.89 bits per heavy atom. The topological polar surface area (TPSA) is 111 Å². The first-order valence-corrected chi connectivity index (χ1v) is 12.6. The van der Waals surface area contributed by atoms with E-state index in [4.69, 9.17) is 4.74 Å². The van der Waals surface area contributed by atoms with Crippen LogP contribution in [0.4, 0.5) is 5.69 Å². The van der Waals surface area contributed by atoms with Crippen molar-refractivity contribution in [2.45, 2.75) is 19.5 Å². The van der Waals surface area contributed by atoms with E-state index in [1.165, 1.54) is 12.5 Å². The minimum atomic E-state index is -0.437. The average Bonchev–Trinajstić information content (AvgIpc) is 3.51. The lowest BCUT2D eigenvalue weighted by atomic mass is 10.1. The molecule has 0 radical (unpaired) electrons. The SMILES string of the molecule is COc1ccc(N2CC(C(=O)NCCn3ncc4c(=O)n(Cc5ccc(Br)cc5)cnc43)CC2=O)cc1. The lowest BCUT2D eigenvalue weighted by Crippen LogP contribution is -2.35. The van der Waals surface area contributed by atoms with Gasteiger partial charge in [-0.2, -0.15) is 5.10 Å². The molecule has 0 spiro atoms. The van der Waals surface area contributed by atoms with Crippen molar-refractivity contribution >= 4 is 44.5 Å². The Balaban J connectivity index is 1.19. The van der Waals surface area contributed by atoms with Crippen LogP contribution in [-0.2, 0) is 22.7 Å². The Hall–Kier alpha value is -3.99. The Morgan fingerprint density at radius 3 is 2.62 bits per heavy atom. The fourth-order valence-electron chi connectivity index (χ4n) is 4.38. The quantitative estimate of drug-likeness (QED) is 0.352. The van der Waals surface area contributed by atoms with Crippen molar-refractivity contribution in [3.8, 4) is 5.75 Å². The van der Waals surface area contributed by atoms with Crippen LogP contribution in [0.5, 0.6) is 5.75 Å². The minimum Gasteiger partial charge on any atom is -0.497 e. The Labute approximate surface area is 221 Å². The number of nitrogens with one attached hydrogen (secondary N) is 1. The van der Waals surface area contributed by atoms with Crippen LogP contribution in [0.1, 0.15) is 12.0 Å². The summed E-state index contributed by atoms with van der Waals surface area (Å²) in [6.45, 7) is 1.37. The van der Waals surface area contributed by atoms with E-state index in [1.807, 2.05) is 24.3 Å². The summed E-state index contributed by atoms with van der Waals surface area (Å²) in [6.07, 6.45) is 3.18. The molecule has 2 aromatic heterocycles. The molecule has 2 amide bonds. The first kappa shape index (κ1) is 24.7. The number of ether oxygens (including phenoxy) is 1. The molecule has 5 rings (SSSR count). The first-order chi connectivity index (χ1) is 17.9. The van der Waals surface area contributed by atoms with E-state index in [-0.39, 0.29) is 23.8 Å². The molecule has 10 nitrogen and oxygen atoms in total. The molecular formula is C26H25BrN6O4. The number of carbonyl (C=O) groups is 2. The lowest BCUT2D eigenvalue weighted by Gasteiger charge is -2.17. The number of benzene rings is 2. The minimum absolute atomic E-state index is 0.0907. The van der Waals surface area contributed by atoms with E-state index in [2.05, 4.69) is 31.3 Å². The van der Waals surface area contributed by atoms with E-state index in [0.29, 0.717) is 43.0 Å². The molecule has 0 bridgehead atoms. The highest BCUT2D eigenvalue weighted by Crippen LogP contribution is 2.27. The van der Waals surface area contributed by atoms with Gasteiger partial charge in [0.05, 0.1) is 32.3 Å². The Bertz CT molecular complexity index is 1500. The highest BCUT2D eigenvalue weighted by molar-refractivity contribution is 9.10. The van der Waals surface area contributed by atoms with Gasteiger partial charge in [0.25, 0.3) is 5.56 Å². The molecule has 1 saturated heterocycles.